The monoisotopic (exact) mass is 239 g/mol. The minimum atomic E-state index is 0.454. The van der Waals surface area contributed by atoms with E-state index in [0.29, 0.717) is 5.92 Å². The lowest BCUT2D eigenvalue weighted by Gasteiger charge is -2.09. The highest BCUT2D eigenvalue weighted by Crippen LogP contribution is 2.25. The van der Waals surface area contributed by atoms with Crippen molar-refractivity contribution >= 4 is 0 Å². The molecule has 0 aliphatic rings. The number of nitrogens with one attached hydrogen (secondary N) is 1. The highest BCUT2D eigenvalue weighted by molar-refractivity contribution is 4.91. The first-order chi connectivity index (χ1) is 8.31. The van der Waals surface area contributed by atoms with Gasteiger partial charge in [-0.15, -0.1) is 10.2 Å². The molecule has 0 unspecified atom stereocenters. The molecule has 0 spiro atoms. The molecule has 0 aromatic carbocycles. The predicted molar refractivity (Wildman–Crippen MR) is 69.1 cm³/mol. The Morgan fingerprint density at radius 3 is 2.47 bits per heavy atom. The summed E-state index contributed by atoms with van der Waals surface area (Å²) in [5, 5.41) is 11.4. The maximum Gasteiger partial charge on any atom is 0.219 e. The first-order valence-electron chi connectivity index (χ1n) is 6.78. The molecule has 4 nitrogen and oxygen atoms in total. The zero-order chi connectivity index (χ0) is 12.5. The zero-order valence-electron chi connectivity index (χ0n) is 11.3. The largest absolute Gasteiger partial charge is 0.425 e. The Hall–Kier alpha value is -0.900. The van der Waals surface area contributed by atoms with Crippen LogP contribution in [0, 0.1) is 0 Å². The van der Waals surface area contributed by atoms with Crippen molar-refractivity contribution in [2.45, 2.75) is 58.3 Å². The second-order valence-electron chi connectivity index (χ2n) is 4.52. The molecule has 0 aliphatic carbocycles. The molecule has 17 heavy (non-hydrogen) atoms. The first-order valence-corrected chi connectivity index (χ1v) is 6.78. The average molecular weight is 239 g/mol. The van der Waals surface area contributed by atoms with Crippen LogP contribution in [0.3, 0.4) is 0 Å². The summed E-state index contributed by atoms with van der Waals surface area (Å²) in [7, 11) is 1.96. The Bertz CT molecular complexity index is 293. The van der Waals surface area contributed by atoms with E-state index in [0.717, 1.165) is 44.0 Å². The van der Waals surface area contributed by atoms with Gasteiger partial charge in [0.15, 0.2) is 0 Å². The van der Waals surface area contributed by atoms with E-state index < -0.39 is 0 Å². The van der Waals surface area contributed by atoms with E-state index in [9.17, 15) is 0 Å². The zero-order valence-corrected chi connectivity index (χ0v) is 11.3. The number of aromatic nitrogens is 2. The van der Waals surface area contributed by atoms with Crippen molar-refractivity contribution in [2.75, 3.05) is 13.6 Å². The van der Waals surface area contributed by atoms with Gasteiger partial charge in [0, 0.05) is 12.3 Å². The van der Waals surface area contributed by atoms with E-state index in [2.05, 4.69) is 29.4 Å². The molecule has 1 heterocycles. The molecule has 0 atom stereocenters. The molecule has 1 rings (SSSR count). The molecule has 0 saturated heterocycles. The normalized spacial score (nSPS) is 11.3. The third-order valence-corrected chi connectivity index (χ3v) is 2.92. The highest BCUT2D eigenvalue weighted by Gasteiger charge is 2.16. The van der Waals surface area contributed by atoms with Gasteiger partial charge in [0.2, 0.25) is 11.8 Å². The Labute approximate surface area is 104 Å². The molecule has 1 aromatic heterocycles. The van der Waals surface area contributed by atoms with Crippen LogP contribution >= 0.6 is 0 Å². The van der Waals surface area contributed by atoms with Crippen molar-refractivity contribution in [3.63, 3.8) is 0 Å². The third-order valence-electron chi connectivity index (χ3n) is 2.92. The van der Waals surface area contributed by atoms with E-state index in [4.69, 9.17) is 4.42 Å². The van der Waals surface area contributed by atoms with Gasteiger partial charge < -0.3 is 9.73 Å². The van der Waals surface area contributed by atoms with Gasteiger partial charge in [-0.3, -0.25) is 0 Å². The standard InChI is InChI=1S/C13H25N3O/c1-4-7-11(8-5-2)13-16-15-12(17-13)9-6-10-14-3/h11,14H,4-10H2,1-3H3. The van der Waals surface area contributed by atoms with Crippen molar-refractivity contribution in [1.29, 1.82) is 0 Å². The minimum absolute atomic E-state index is 0.454. The smallest absolute Gasteiger partial charge is 0.219 e. The fraction of sp³-hybridized carbons (Fsp3) is 0.846. The lowest BCUT2D eigenvalue weighted by molar-refractivity contribution is 0.386. The molecular formula is C13H25N3O. The summed E-state index contributed by atoms with van der Waals surface area (Å²) in [5.41, 5.74) is 0. The van der Waals surface area contributed by atoms with Gasteiger partial charge in [0.1, 0.15) is 0 Å². The van der Waals surface area contributed by atoms with Gasteiger partial charge >= 0.3 is 0 Å². The summed E-state index contributed by atoms with van der Waals surface area (Å²) in [4.78, 5) is 0. The van der Waals surface area contributed by atoms with Gasteiger partial charge in [0.05, 0.1) is 0 Å². The van der Waals surface area contributed by atoms with E-state index in [1.165, 1.54) is 12.8 Å². The van der Waals surface area contributed by atoms with Crippen molar-refractivity contribution in [3.05, 3.63) is 11.8 Å². The lowest BCUT2D eigenvalue weighted by Crippen LogP contribution is -2.08. The average Bonchev–Trinajstić information content (AvgIpc) is 2.78. The molecule has 0 radical (unpaired) electrons. The Kier molecular flexibility index (Phi) is 6.86. The van der Waals surface area contributed by atoms with Gasteiger partial charge in [0.25, 0.3) is 0 Å². The van der Waals surface area contributed by atoms with Crippen molar-refractivity contribution in [2.24, 2.45) is 0 Å². The number of hydrogen-bond donors (Lipinski definition) is 1. The Morgan fingerprint density at radius 1 is 1.18 bits per heavy atom. The number of rotatable bonds is 9. The lowest BCUT2D eigenvalue weighted by atomic mass is 9.98. The van der Waals surface area contributed by atoms with E-state index >= 15 is 0 Å². The molecule has 0 aliphatic heterocycles. The quantitative estimate of drug-likeness (QED) is 0.673. The summed E-state index contributed by atoms with van der Waals surface area (Å²) in [6.07, 6.45) is 6.55. The van der Waals surface area contributed by atoms with Crippen LogP contribution in [0.2, 0.25) is 0 Å². The molecule has 4 heteroatoms. The van der Waals surface area contributed by atoms with E-state index in [1.807, 2.05) is 7.05 Å². The molecule has 0 fully saturated rings. The van der Waals surface area contributed by atoms with Crippen LogP contribution in [-0.2, 0) is 6.42 Å². The summed E-state index contributed by atoms with van der Waals surface area (Å²) in [6, 6.07) is 0. The van der Waals surface area contributed by atoms with Crippen LogP contribution in [0.1, 0.15) is 63.7 Å². The Morgan fingerprint density at radius 2 is 1.88 bits per heavy atom. The van der Waals surface area contributed by atoms with Crippen molar-refractivity contribution < 1.29 is 4.42 Å². The van der Waals surface area contributed by atoms with Crippen molar-refractivity contribution in [3.8, 4) is 0 Å². The minimum Gasteiger partial charge on any atom is -0.425 e. The predicted octanol–water partition coefficient (Wildman–Crippen LogP) is 2.91. The van der Waals surface area contributed by atoms with Crippen LogP contribution in [0.15, 0.2) is 4.42 Å². The molecule has 1 aromatic rings. The molecular weight excluding hydrogens is 214 g/mol. The highest BCUT2D eigenvalue weighted by atomic mass is 16.4. The van der Waals surface area contributed by atoms with Crippen LogP contribution in [-0.4, -0.2) is 23.8 Å². The fourth-order valence-electron chi connectivity index (χ4n) is 2.04. The van der Waals surface area contributed by atoms with Crippen LogP contribution in [0.4, 0.5) is 0 Å². The molecule has 0 amide bonds. The van der Waals surface area contributed by atoms with E-state index in [1.54, 1.807) is 0 Å². The Balaban J connectivity index is 2.51. The van der Waals surface area contributed by atoms with Gasteiger partial charge in [-0.2, -0.15) is 0 Å². The molecule has 0 saturated carbocycles. The van der Waals surface area contributed by atoms with Crippen LogP contribution in [0.5, 0.6) is 0 Å². The SMILES string of the molecule is CCCC(CCC)c1nnc(CCCNC)o1. The summed E-state index contributed by atoms with van der Waals surface area (Å²) < 4.78 is 5.75. The molecule has 98 valence electrons. The number of hydrogen-bond acceptors (Lipinski definition) is 4. The van der Waals surface area contributed by atoms with Crippen molar-refractivity contribution in [1.82, 2.24) is 15.5 Å². The second-order valence-corrected chi connectivity index (χ2v) is 4.52. The summed E-state index contributed by atoms with van der Waals surface area (Å²) in [5.74, 6) is 2.08. The fourth-order valence-corrected chi connectivity index (χ4v) is 2.04. The molecule has 0 bridgehead atoms. The van der Waals surface area contributed by atoms with Crippen LogP contribution in [0.25, 0.3) is 0 Å². The van der Waals surface area contributed by atoms with E-state index in [-0.39, 0.29) is 0 Å². The second kappa shape index (κ2) is 8.23. The number of aryl methyl sites for hydroxylation is 1. The maximum absolute atomic E-state index is 5.75. The molecule has 1 N–H and O–H groups in total. The topological polar surface area (TPSA) is 51.0 Å². The maximum atomic E-state index is 5.75. The van der Waals surface area contributed by atoms with Crippen LogP contribution < -0.4 is 5.32 Å². The van der Waals surface area contributed by atoms with Gasteiger partial charge in [-0.1, -0.05) is 26.7 Å². The van der Waals surface area contributed by atoms with Gasteiger partial charge in [-0.05, 0) is 32.9 Å². The number of nitrogens with zero attached hydrogens (tertiary/aromatic N) is 2. The third kappa shape index (κ3) is 4.86. The first kappa shape index (κ1) is 14.2. The summed E-state index contributed by atoms with van der Waals surface area (Å²) in [6.45, 7) is 5.39. The van der Waals surface area contributed by atoms with Gasteiger partial charge in [-0.25, -0.2) is 0 Å². The summed E-state index contributed by atoms with van der Waals surface area (Å²) >= 11 is 0.